The number of ether oxygens (including phenoxy) is 1. The summed E-state index contributed by atoms with van der Waals surface area (Å²) in [5.41, 5.74) is 4.90. The van der Waals surface area contributed by atoms with E-state index < -0.39 is 0 Å². The largest absolute Gasteiger partial charge is 0.370 e. The number of carbonyl (C=O) groups excluding carboxylic acids is 1. The first-order valence-corrected chi connectivity index (χ1v) is 12.0. The molecule has 0 spiro atoms. The van der Waals surface area contributed by atoms with Gasteiger partial charge in [-0.2, -0.15) is 0 Å². The lowest BCUT2D eigenvalue weighted by Crippen LogP contribution is -3.14. The number of fused-ring (bicyclic) bond motifs is 1. The highest BCUT2D eigenvalue weighted by Crippen LogP contribution is 2.35. The van der Waals surface area contributed by atoms with Gasteiger partial charge < -0.3 is 19.5 Å². The number of benzene rings is 2. The molecule has 2 heterocycles. The summed E-state index contributed by atoms with van der Waals surface area (Å²) in [6, 6.07) is 17.2. The number of rotatable bonds is 9. The van der Waals surface area contributed by atoms with Crippen LogP contribution in [0.4, 0.5) is 0 Å². The number of carbonyl (C=O) groups is 1. The number of hydrogen-bond acceptors (Lipinski definition) is 2. The molecule has 0 bridgehead atoms. The fourth-order valence-corrected chi connectivity index (χ4v) is 4.75. The average Bonchev–Trinajstić information content (AvgIpc) is 3.20. The Morgan fingerprint density at radius 1 is 1.12 bits per heavy atom. The predicted octanol–water partition coefficient (Wildman–Crippen LogP) is 2.91. The van der Waals surface area contributed by atoms with Gasteiger partial charge in [-0.25, -0.2) is 0 Å². The SMILES string of the molecule is CCn1cc([C@H](CC(=O)NCCC[NH+]2CCOCC2)c2ccc(C)cc2)c2ccccc21. The molecule has 0 aliphatic carbocycles. The van der Waals surface area contributed by atoms with Gasteiger partial charge in [-0.15, -0.1) is 0 Å². The first-order chi connectivity index (χ1) is 15.7. The number of quaternary nitrogens is 1. The van der Waals surface area contributed by atoms with Crippen LogP contribution in [0.2, 0.25) is 0 Å². The van der Waals surface area contributed by atoms with E-state index in [-0.39, 0.29) is 11.8 Å². The third-order valence-corrected chi connectivity index (χ3v) is 6.63. The summed E-state index contributed by atoms with van der Waals surface area (Å²) in [5.74, 6) is 0.166. The summed E-state index contributed by atoms with van der Waals surface area (Å²) in [7, 11) is 0. The second-order valence-electron chi connectivity index (χ2n) is 8.87. The lowest BCUT2D eigenvalue weighted by Gasteiger charge is -2.23. The van der Waals surface area contributed by atoms with E-state index in [0.29, 0.717) is 6.42 Å². The van der Waals surface area contributed by atoms with Crippen LogP contribution in [0, 0.1) is 6.92 Å². The third-order valence-electron chi connectivity index (χ3n) is 6.63. The molecule has 1 aromatic heterocycles. The number of aromatic nitrogens is 1. The summed E-state index contributed by atoms with van der Waals surface area (Å²) in [4.78, 5) is 14.6. The number of hydrogen-bond donors (Lipinski definition) is 2. The molecule has 2 N–H and O–H groups in total. The minimum absolute atomic E-state index is 0.0400. The van der Waals surface area contributed by atoms with E-state index in [0.717, 1.165) is 52.4 Å². The van der Waals surface area contributed by atoms with Gasteiger partial charge >= 0.3 is 0 Å². The number of amides is 1. The number of nitrogens with zero attached hydrogens (tertiary/aromatic N) is 1. The molecule has 2 aromatic carbocycles. The van der Waals surface area contributed by atoms with Crippen LogP contribution < -0.4 is 10.2 Å². The van der Waals surface area contributed by atoms with Crippen molar-refractivity contribution in [2.75, 3.05) is 39.4 Å². The molecular weight excluding hydrogens is 398 g/mol. The van der Waals surface area contributed by atoms with Crippen molar-refractivity contribution < 1.29 is 14.4 Å². The van der Waals surface area contributed by atoms with E-state index in [1.54, 1.807) is 4.90 Å². The first kappa shape index (κ1) is 22.6. The molecule has 1 saturated heterocycles. The van der Waals surface area contributed by atoms with Crippen molar-refractivity contribution in [1.82, 2.24) is 9.88 Å². The van der Waals surface area contributed by atoms with Crippen LogP contribution in [-0.2, 0) is 16.1 Å². The Morgan fingerprint density at radius 3 is 2.62 bits per heavy atom. The highest BCUT2D eigenvalue weighted by molar-refractivity contribution is 5.86. The van der Waals surface area contributed by atoms with Gasteiger partial charge in [0.05, 0.1) is 19.8 Å². The van der Waals surface area contributed by atoms with E-state index in [2.05, 4.69) is 78.5 Å². The zero-order valence-electron chi connectivity index (χ0n) is 19.4. The van der Waals surface area contributed by atoms with Crippen LogP contribution in [0.1, 0.15) is 42.4 Å². The van der Waals surface area contributed by atoms with Gasteiger partial charge in [-0.1, -0.05) is 48.0 Å². The Kier molecular flexibility index (Phi) is 7.61. The Hall–Kier alpha value is -2.63. The summed E-state index contributed by atoms with van der Waals surface area (Å²) in [6.45, 7) is 10.9. The molecular formula is C27H36N3O2+. The lowest BCUT2D eigenvalue weighted by atomic mass is 9.87. The smallest absolute Gasteiger partial charge is 0.220 e. The third kappa shape index (κ3) is 5.40. The van der Waals surface area contributed by atoms with Crippen LogP contribution >= 0.6 is 0 Å². The Balaban J connectivity index is 1.48. The topological polar surface area (TPSA) is 47.7 Å². The number of morpholine rings is 1. The maximum Gasteiger partial charge on any atom is 0.220 e. The molecule has 0 unspecified atom stereocenters. The summed E-state index contributed by atoms with van der Waals surface area (Å²) >= 11 is 0. The Bertz CT molecular complexity index is 1020. The second kappa shape index (κ2) is 10.8. The first-order valence-electron chi connectivity index (χ1n) is 12.0. The minimum Gasteiger partial charge on any atom is -0.370 e. The fraction of sp³-hybridized carbons (Fsp3) is 0.444. The summed E-state index contributed by atoms with van der Waals surface area (Å²) in [5, 5.41) is 4.42. The molecule has 5 heteroatoms. The van der Waals surface area contributed by atoms with Gasteiger partial charge in [0.25, 0.3) is 0 Å². The van der Waals surface area contributed by atoms with Crippen LogP contribution in [0.15, 0.2) is 54.7 Å². The lowest BCUT2D eigenvalue weighted by molar-refractivity contribution is -0.908. The zero-order valence-corrected chi connectivity index (χ0v) is 19.4. The molecule has 32 heavy (non-hydrogen) atoms. The Morgan fingerprint density at radius 2 is 1.88 bits per heavy atom. The molecule has 1 amide bonds. The molecule has 1 aliphatic rings. The zero-order chi connectivity index (χ0) is 22.3. The van der Waals surface area contributed by atoms with Crippen molar-refractivity contribution in [3.8, 4) is 0 Å². The van der Waals surface area contributed by atoms with Crippen molar-refractivity contribution in [1.29, 1.82) is 0 Å². The van der Waals surface area contributed by atoms with E-state index in [1.807, 2.05) is 0 Å². The summed E-state index contributed by atoms with van der Waals surface area (Å²) in [6.07, 6.45) is 3.71. The van der Waals surface area contributed by atoms with Crippen molar-refractivity contribution >= 4 is 16.8 Å². The molecule has 1 atom stereocenters. The van der Waals surface area contributed by atoms with E-state index >= 15 is 0 Å². The quantitative estimate of drug-likeness (QED) is 0.509. The highest BCUT2D eigenvalue weighted by Gasteiger charge is 2.22. The Labute approximate surface area is 191 Å². The number of nitrogens with one attached hydrogen (secondary N) is 2. The van der Waals surface area contributed by atoms with Crippen molar-refractivity contribution in [3.05, 3.63) is 71.4 Å². The standard InChI is InChI=1S/C27H35N3O2/c1-3-30-20-25(23-7-4-5-8-26(23)30)24(22-11-9-21(2)10-12-22)19-27(31)28-13-6-14-29-15-17-32-18-16-29/h4-5,7-12,20,24H,3,6,13-19H2,1-2H3,(H,28,31)/p+1/t24-/m1/s1. The van der Waals surface area contributed by atoms with Crippen LogP contribution in [0.25, 0.3) is 10.9 Å². The van der Waals surface area contributed by atoms with Crippen LogP contribution in [0.3, 0.4) is 0 Å². The van der Waals surface area contributed by atoms with E-state index in [1.165, 1.54) is 27.6 Å². The molecule has 5 nitrogen and oxygen atoms in total. The normalized spacial score (nSPS) is 15.7. The van der Waals surface area contributed by atoms with E-state index in [4.69, 9.17) is 4.74 Å². The molecule has 4 rings (SSSR count). The maximum atomic E-state index is 13.0. The van der Waals surface area contributed by atoms with Crippen molar-refractivity contribution in [2.24, 2.45) is 0 Å². The number of aryl methyl sites for hydroxylation is 2. The van der Waals surface area contributed by atoms with Gasteiger partial charge in [0.1, 0.15) is 13.1 Å². The van der Waals surface area contributed by atoms with Gasteiger partial charge in [-0.3, -0.25) is 4.79 Å². The van der Waals surface area contributed by atoms with Crippen LogP contribution in [0.5, 0.6) is 0 Å². The second-order valence-corrected chi connectivity index (χ2v) is 8.87. The molecule has 3 aromatic rings. The molecule has 0 saturated carbocycles. The molecule has 0 radical (unpaired) electrons. The average molecular weight is 435 g/mol. The minimum atomic E-state index is 0.0400. The number of para-hydroxylation sites is 1. The summed E-state index contributed by atoms with van der Waals surface area (Å²) < 4.78 is 7.71. The monoisotopic (exact) mass is 434 g/mol. The van der Waals surface area contributed by atoms with Crippen molar-refractivity contribution in [2.45, 2.75) is 39.2 Å². The van der Waals surface area contributed by atoms with Gasteiger partial charge in [0.2, 0.25) is 5.91 Å². The molecule has 170 valence electrons. The highest BCUT2D eigenvalue weighted by atomic mass is 16.5. The maximum absolute atomic E-state index is 13.0. The van der Waals surface area contributed by atoms with Gasteiger partial charge in [0.15, 0.2) is 0 Å². The van der Waals surface area contributed by atoms with Gasteiger partial charge in [-0.05, 0) is 31.0 Å². The fourth-order valence-electron chi connectivity index (χ4n) is 4.75. The van der Waals surface area contributed by atoms with Crippen molar-refractivity contribution in [3.63, 3.8) is 0 Å². The predicted molar refractivity (Wildman–Crippen MR) is 129 cm³/mol. The van der Waals surface area contributed by atoms with Crippen LogP contribution in [-0.4, -0.2) is 49.9 Å². The van der Waals surface area contributed by atoms with Gasteiger partial charge in [0, 0.05) is 48.9 Å². The van der Waals surface area contributed by atoms with E-state index in [9.17, 15) is 4.79 Å². The molecule has 1 fully saturated rings. The molecule has 1 aliphatic heterocycles.